The molecule has 1 aromatic heterocycles. The summed E-state index contributed by atoms with van der Waals surface area (Å²) in [5.41, 5.74) is 1.11. The van der Waals surface area contributed by atoms with E-state index in [1.165, 1.54) is 0 Å². The molecule has 2 aliphatic rings. The molecule has 1 fully saturated rings. The lowest BCUT2D eigenvalue weighted by atomic mass is 9.96. The van der Waals surface area contributed by atoms with E-state index >= 15 is 0 Å². The van der Waals surface area contributed by atoms with Gasteiger partial charge in [-0.25, -0.2) is 0 Å². The van der Waals surface area contributed by atoms with Gasteiger partial charge < -0.3 is 14.2 Å². The molecule has 104 valence electrons. The lowest BCUT2D eigenvalue weighted by molar-refractivity contribution is -0.148. The fraction of sp³-hybridized carbons (Fsp3) is 0.667. The summed E-state index contributed by atoms with van der Waals surface area (Å²) >= 11 is 0. The number of amides is 1. The summed E-state index contributed by atoms with van der Waals surface area (Å²) in [4.78, 5) is 14.8. The lowest BCUT2D eigenvalue weighted by Gasteiger charge is -2.40. The van der Waals surface area contributed by atoms with Crippen LogP contribution in [0.15, 0.2) is 18.3 Å². The highest BCUT2D eigenvalue weighted by Crippen LogP contribution is 2.42. The zero-order chi connectivity index (χ0) is 13.7. The lowest BCUT2D eigenvalue weighted by Crippen LogP contribution is -2.49. The van der Waals surface area contributed by atoms with Gasteiger partial charge in [-0.1, -0.05) is 27.7 Å². The molecule has 1 aromatic rings. The van der Waals surface area contributed by atoms with E-state index in [4.69, 9.17) is 4.74 Å². The van der Waals surface area contributed by atoms with Gasteiger partial charge in [0.2, 0.25) is 5.91 Å². The highest BCUT2D eigenvalue weighted by Gasteiger charge is 2.48. The molecule has 0 N–H and O–H groups in total. The van der Waals surface area contributed by atoms with E-state index in [-0.39, 0.29) is 30.1 Å². The van der Waals surface area contributed by atoms with Crippen molar-refractivity contribution in [1.29, 1.82) is 0 Å². The van der Waals surface area contributed by atoms with Crippen molar-refractivity contribution < 1.29 is 9.53 Å². The van der Waals surface area contributed by atoms with E-state index in [0.717, 1.165) is 5.69 Å². The molecule has 4 heteroatoms. The topological polar surface area (TPSA) is 34.5 Å². The van der Waals surface area contributed by atoms with Gasteiger partial charge in [0, 0.05) is 6.20 Å². The van der Waals surface area contributed by atoms with Crippen molar-refractivity contribution in [1.82, 2.24) is 9.47 Å². The third kappa shape index (κ3) is 1.73. The maximum absolute atomic E-state index is 12.8. The molecule has 1 unspecified atom stereocenters. The van der Waals surface area contributed by atoms with Crippen molar-refractivity contribution in [3.63, 3.8) is 0 Å². The third-order valence-corrected chi connectivity index (χ3v) is 4.31. The number of nitrogens with zero attached hydrogens (tertiary/aromatic N) is 2. The molecule has 0 radical (unpaired) electrons. The van der Waals surface area contributed by atoms with E-state index in [2.05, 4.69) is 38.3 Å². The summed E-state index contributed by atoms with van der Waals surface area (Å²) < 4.78 is 7.99. The molecule has 1 amide bonds. The number of hydrogen-bond donors (Lipinski definition) is 0. The van der Waals surface area contributed by atoms with Crippen LogP contribution >= 0.6 is 0 Å². The highest BCUT2D eigenvalue weighted by atomic mass is 16.5. The van der Waals surface area contributed by atoms with Gasteiger partial charge in [0.05, 0.1) is 18.3 Å². The minimum Gasteiger partial charge on any atom is -0.350 e. The minimum atomic E-state index is -0.190. The Morgan fingerprint density at radius 2 is 2.00 bits per heavy atom. The largest absolute Gasteiger partial charge is 0.350 e. The molecule has 0 aromatic carbocycles. The van der Waals surface area contributed by atoms with Gasteiger partial charge in [0.1, 0.15) is 6.04 Å². The van der Waals surface area contributed by atoms with Crippen LogP contribution in [0.1, 0.15) is 45.7 Å². The maximum Gasteiger partial charge on any atom is 0.248 e. The van der Waals surface area contributed by atoms with Gasteiger partial charge in [-0.2, -0.15) is 0 Å². The summed E-state index contributed by atoms with van der Waals surface area (Å²) in [6.45, 7) is 9.16. The summed E-state index contributed by atoms with van der Waals surface area (Å²) in [7, 11) is 0. The second-order valence-electron chi connectivity index (χ2n) is 6.27. The van der Waals surface area contributed by atoms with E-state index in [9.17, 15) is 4.79 Å². The Morgan fingerprint density at radius 1 is 1.26 bits per heavy atom. The molecular formula is C15H22N2O2. The first-order valence-electron chi connectivity index (χ1n) is 7.13. The fourth-order valence-electron chi connectivity index (χ4n) is 3.29. The minimum absolute atomic E-state index is 0.0933. The molecule has 3 heterocycles. The standard InChI is InChI=1S/C15H22N2O2/c1-9(2)12-8-19-15-11-6-5-7-16(11)13(10(3)4)14(18)17(12)15/h5-7,9-10,12-13,15H,8H2,1-4H3/t12-,13+,15?/m1/s1. The summed E-state index contributed by atoms with van der Waals surface area (Å²) in [5, 5.41) is 0. The van der Waals surface area contributed by atoms with Crippen LogP contribution in [0.3, 0.4) is 0 Å². The highest BCUT2D eigenvalue weighted by molar-refractivity contribution is 5.83. The Balaban J connectivity index is 2.07. The van der Waals surface area contributed by atoms with Crippen LogP contribution in [0, 0.1) is 11.8 Å². The molecule has 4 nitrogen and oxygen atoms in total. The molecule has 0 aliphatic carbocycles. The van der Waals surface area contributed by atoms with Crippen molar-refractivity contribution in [3.8, 4) is 0 Å². The van der Waals surface area contributed by atoms with Gasteiger partial charge in [-0.05, 0) is 24.0 Å². The van der Waals surface area contributed by atoms with Crippen molar-refractivity contribution in [2.24, 2.45) is 11.8 Å². The Hall–Kier alpha value is -1.29. The zero-order valence-electron chi connectivity index (χ0n) is 12.0. The van der Waals surface area contributed by atoms with Crippen LogP contribution in [0.4, 0.5) is 0 Å². The Morgan fingerprint density at radius 3 is 2.63 bits per heavy atom. The zero-order valence-corrected chi connectivity index (χ0v) is 12.0. The smallest absolute Gasteiger partial charge is 0.248 e. The number of carbonyl (C=O) groups is 1. The average molecular weight is 262 g/mol. The third-order valence-electron chi connectivity index (χ3n) is 4.31. The van der Waals surface area contributed by atoms with Crippen molar-refractivity contribution in [2.45, 2.75) is 46.0 Å². The van der Waals surface area contributed by atoms with E-state index < -0.39 is 0 Å². The molecule has 3 atom stereocenters. The molecule has 3 rings (SSSR count). The van der Waals surface area contributed by atoms with Gasteiger partial charge in [-0.15, -0.1) is 0 Å². The van der Waals surface area contributed by atoms with Crippen LogP contribution in [-0.4, -0.2) is 28.0 Å². The molecule has 0 bridgehead atoms. The first-order chi connectivity index (χ1) is 9.02. The number of rotatable bonds is 2. The fourth-order valence-corrected chi connectivity index (χ4v) is 3.29. The number of carbonyl (C=O) groups excluding carboxylic acids is 1. The SMILES string of the molecule is CC(C)[C@H]1COC2c3cccn3[C@@H](C(C)C)C(=O)N21. The molecule has 1 saturated heterocycles. The van der Waals surface area contributed by atoms with Gasteiger partial charge in [0.25, 0.3) is 0 Å². The van der Waals surface area contributed by atoms with Crippen molar-refractivity contribution in [3.05, 3.63) is 24.0 Å². The van der Waals surface area contributed by atoms with Gasteiger partial charge in [-0.3, -0.25) is 4.79 Å². The molecule has 2 aliphatic heterocycles. The van der Waals surface area contributed by atoms with Crippen molar-refractivity contribution >= 4 is 5.91 Å². The van der Waals surface area contributed by atoms with Crippen LogP contribution in [0.25, 0.3) is 0 Å². The molecule has 0 spiro atoms. The maximum atomic E-state index is 12.8. The van der Waals surface area contributed by atoms with Crippen LogP contribution in [-0.2, 0) is 9.53 Å². The van der Waals surface area contributed by atoms with Crippen molar-refractivity contribution in [2.75, 3.05) is 6.61 Å². The van der Waals surface area contributed by atoms with Crippen LogP contribution < -0.4 is 0 Å². The summed E-state index contributed by atoms with van der Waals surface area (Å²) in [6.07, 6.45) is 1.81. The quantitative estimate of drug-likeness (QED) is 0.821. The second kappa shape index (κ2) is 4.37. The first-order valence-corrected chi connectivity index (χ1v) is 7.13. The predicted octanol–water partition coefficient (Wildman–Crippen LogP) is 2.58. The number of fused-ring (bicyclic) bond motifs is 3. The summed E-state index contributed by atoms with van der Waals surface area (Å²) in [6, 6.07) is 4.18. The van der Waals surface area contributed by atoms with E-state index in [1.807, 2.05) is 17.2 Å². The average Bonchev–Trinajstić information content (AvgIpc) is 2.92. The Bertz CT molecular complexity index is 492. The second-order valence-corrected chi connectivity index (χ2v) is 6.27. The first kappa shape index (κ1) is 12.7. The number of hydrogen-bond acceptors (Lipinski definition) is 2. The Kier molecular flexibility index (Phi) is 2.93. The van der Waals surface area contributed by atoms with Crippen LogP contribution in [0.2, 0.25) is 0 Å². The number of ether oxygens (including phenoxy) is 1. The van der Waals surface area contributed by atoms with Gasteiger partial charge >= 0.3 is 0 Å². The van der Waals surface area contributed by atoms with E-state index in [0.29, 0.717) is 12.5 Å². The molecule has 19 heavy (non-hydrogen) atoms. The summed E-state index contributed by atoms with van der Waals surface area (Å²) in [5.74, 6) is 0.913. The molecule has 0 saturated carbocycles. The van der Waals surface area contributed by atoms with E-state index in [1.54, 1.807) is 0 Å². The van der Waals surface area contributed by atoms with Gasteiger partial charge in [0.15, 0.2) is 6.23 Å². The number of aromatic nitrogens is 1. The predicted molar refractivity (Wildman–Crippen MR) is 72.5 cm³/mol. The Labute approximate surface area is 114 Å². The molecular weight excluding hydrogens is 240 g/mol. The normalized spacial score (nSPS) is 30.1. The monoisotopic (exact) mass is 262 g/mol. The van der Waals surface area contributed by atoms with Crippen LogP contribution in [0.5, 0.6) is 0 Å².